The number of hydrogen-bond donors (Lipinski definition) is 1. The van der Waals surface area contributed by atoms with Crippen molar-refractivity contribution in [2.24, 2.45) is 0 Å². The average molecular weight is 178 g/mol. The number of aromatic nitrogens is 1. The maximum absolute atomic E-state index is 4.28. The average Bonchev–Trinajstić information content (AvgIpc) is 2.50. The molecule has 0 aromatic carbocycles. The zero-order valence-electron chi connectivity index (χ0n) is 8.67. The molecular formula is C11H18N2. The largest absolute Gasteiger partial charge is 0.305 e. The predicted octanol–water partition coefficient (Wildman–Crippen LogP) is 2.66. The zero-order valence-corrected chi connectivity index (χ0v) is 8.67. The summed E-state index contributed by atoms with van der Waals surface area (Å²) in [6.07, 6.45) is 3.10. The molecule has 0 radical (unpaired) electrons. The second-order valence-electron chi connectivity index (χ2n) is 3.36. The van der Waals surface area contributed by atoms with Crippen molar-refractivity contribution in [3.63, 3.8) is 0 Å². The SMILES string of the molecule is CC1NCc2cccnc21.CCC. The molecule has 72 valence electrons. The van der Waals surface area contributed by atoms with Crippen LogP contribution in [0.5, 0.6) is 0 Å². The van der Waals surface area contributed by atoms with Gasteiger partial charge in [-0.1, -0.05) is 26.3 Å². The number of nitrogens with zero attached hydrogens (tertiary/aromatic N) is 1. The van der Waals surface area contributed by atoms with Crippen LogP contribution in [0.2, 0.25) is 0 Å². The van der Waals surface area contributed by atoms with Gasteiger partial charge in [0.15, 0.2) is 0 Å². The fraction of sp³-hybridized carbons (Fsp3) is 0.545. The quantitative estimate of drug-likeness (QED) is 0.660. The third-order valence-corrected chi connectivity index (χ3v) is 1.93. The maximum atomic E-state index is 4.28. The van der Waals surface area contributed by atoms with E-state index in [0.717, 1.165) is 6.54 Å². The van der Waals surface area contributed by atoms with Crippen LogP contribution in [0.15, 0.2) is 18.3 Å². The van der Waals surface area contributed by atoms with E-state index in [1.165, 1.54) is 17.7 Å². The van der Waals surface area contributed by atoms with Crippen molar-refractivity contribution in [2.75, 3.05) is 0 Å². The molecule has 2 rings (SSSR count). The van der Waals surface area contributed by atoms with Gasteiger partial charge in [-0.05, 0) is 18.6 Å². The molecule has 0 fully saturated rings. The van der Waals surface area contributed by atoms with Gasteiger partial charge in [0.1, 0.15) is 0 Å². The van der Waals surface area contributed by atoms with E-state index in [0.29, 0.717) is 6.04 Å². The summed E-state index contributed by atoms with van der Waals surface area (Å²) in [5.74, 6) is 0. The highest BCUT2D eigenvalue weighted by Crippen LogP contribution is 2.20. The topological polar surface area (TPSA) is 24.9 Å². The molecule has 1 atom stereocenters. The van der Waals surface area contributed by atoms with Crippen LogP contribution in [-0.2, 0) is 6.54 Å². The van der Waals surface area contributed by atoms with Gasteiger partial charge in [-0.3, -0.25) is 4.98 Å². The number of fused-ring (bicyclic) bond motifs is 1. The Morgan fingerprint density at radius 1 is 1.54 bits per heavy atom. The number of pyridine rings is 1. The highest BCUT2D eigenvalue weighted by atomic mass is 15.0. The molecule has 0 spiro atoms. The van der Waals surface area contributed by atoms with Crippen molar-refractivity contribution in [3.05, 3.63) is 29.6 Å². The van der Waals surface area contributed by atoms with Crippen molar-refractivity contribution in [1.82, 2.24) is 10.3 Å². The predicted molar refractivity (Wildman–Crippen MR) is 55.5 cm³/mol. The third kappa shape index (κ3) is 2.52. The molecule has 0 saturated carbocycles. The van der Waals surface area contributed by atoms with E-state index in [-0.39, 0.29) is 0 Å². The molecule has 2 heteroatoms. The van der Waals surface area contributed by atoms with Gasteiger partial charge in [-0.15, -0.1) is 0 Å². The number of nitrogens with one attached hydrogen (secondary N) is 1. The van der Waals surface area contributed by atoms with Gasteiger partial charge in [0, 0.05) is 18.8 Å². The van der Waals surface area contributed by atoms with Gasteiger partial charge in [0.05, 0.1) is 5.69 Å². The van der Waals surface area contributed by atoms with E-state index in [9.17, 15) is 0 Å². The Morgan fingerprint density at radius 3 is 2.85 bits per heavy atom. The van der Waals surface area contributed by atoms with Crippen molar-refractivity contribution in [3.8, 4) is 0 Å². The Bertz CT molecular complexity index is 258. The first kappa shape index (κ1) is 10.2. The molecule has 2 nitrogen and oxygen atoms in total. The van der Waals surface area contributed by atoms with E-state index in [2.05, 4.69) is 37.1 Å². The highest BCUT2D eigenvalue weighted by molar-refractivity contribution is 5.26. The van der Waals surface area contributed by atoms with Gasteiger partial charge in [0.2, 0.25) is 0 Å². The third-order valence-electron chi connectivity index (χ3n) is 1.93. The molecule has 13 heavy (non-hydrogen) atoms. The minimum Gasteiger partial charge on any atom is -0.305 e. The van der Waals surface area contributed by atoms with Crippen LogP contribution in [0, 0.1) is 0 Å². The summed E-state index contributed by atoms with van der Waals surface area (Å²) in [7, 11) is 0. The molecule has 1 aliphatic heterocycles. The van der Waals surface area contributed by atoms with E-state index in [1.807, 2.05) is 12.3 Å². The van der Waals surface area contributed by atoms with Crippen LogP contribution in [0.25, 0.3) is 0 Å². The summed E-state index contributed by atoms with van der Waals surface area (Å²) in [4.78, 5) is 4.28. The summed E-state index contributed by atoms with van der Waals surface area (Å²) >= 11 is 0. The van der Waals surface area contributed by atoms with Gasteiger partial charge in [-0.2, -0.15) is 0 Å². The Kier molecular flexibility index (Phi) is 3.90. The molecule has 2 heterocycles. The molecule has 1 unspecified atom stereocenters. The van der Waals surface area contributed by atoms with Gasteiger partial charge < -0.3 is 5.32 Å². The smallest absolute Gasteiger partial charge is 0.0615 e. The fourth-order valence-corrected chi connectivity index (χ4v) is 1.35. The minimum atomic E-state index is 0.441. The molecular weight excluding hydrogens is 160 g/mol. The Morgan fingerprint density at radius 2 is 2.23 bits per heavy atom. The Labute approximate surface area is 80.4 Å². The van der Waals surface area contributed by atoms with Crippen LogP contribution in [0.4, 0.5) is 0 Å². The first-order chi connectivity index (χ1) is 6.29. The zero-order chi connectivity index (χ0) is 9.68. The maximum Gasteiger partial charge on any atom is 0.0615 e. The molecule has 1 aromatic rings. The molecule has 0 saturated heterocycles. The van der Waals surface area contributed by atoms with Crippen molar-refractivity contribution < 1.29 is 0 Å². The van der Waals surface area contributed by atoms with Crippen LogP contribution >= 0.6 is 0 Å². The lowest BCUT2D eigenvalue weighted by atomic mass is 10.2. The second kappa shape index (κ2) is 4.97. The molecule has 0 amide bonds. The Balaban J connectivity index is 0.000000251. The van der Waals surface area contributed by atoms with E-state index >= 15 is 0 Å². The number of hydrogen-bond acceptors (Lipinski definition) is 2. The monoisotopic (exact) mass is 178 g/mol. The molecule has 1 aliphatic rings. The fourth-order valence-electron chi connectivity index (χ4n) is 1.35. The molecule has 1 N–H and O–H groups in total. The van der Waals surface area contributed by atoms with Crippen molar-refractivity contribution in [1.29, 1.82) is 0 Å². The van der Waals surface area contributed by atoms with Crippen LogP contribution < -0.4 is 5.32 Å². The molecule has 0 aliphatic carbocycles. The Hall–Kier alpha value is -0.890. The summed E-state index contributed by atoms with van der Waals surface area (Å²) < 4.78 is 0. The summed E-state index contributed by atoms with van der Waals surface area (Å²) in [5, 5.41) is 3.32. The van der Waals surface area contributed by atoms with Crippen molar-refractivity contribution in [2.45, 2.75) is 39.8 Å². The van der Waals surface area contributed by atoms with Crippen LogP contribution in [0.3, 0.4) is 0 Å². The van der Waals surface area contributed by atoms with Crippen LogP contribution in [-0.4, -0.2) is 4.98 Å². The van der Waals surface area contributed by atoms with Crippen LogP contribution in [0.1, 0.15) is 44.5 Å². The minimum absolute atomic E-state index is 0.441. The lowest BCUT2D eigenvalue weighted by Crippen LogP contribution is -2.07. The van der Waals surface area contributed by atoms with Crippen molar-refractivity contribution >= 4 is 0 Å². The molecule has 0 bridgehead atoms. The summed E-state index contributed by atoms with van der Waals surface area (Å²) in [6.45, 7) is 7.36. The van der Waals surface area contributed by atoms with E-state index in [1.54, 1.807) is 0 Å². The molecule has 1 aromatic heterocycles. The van der Waals surface area contributed by atoms with E-state index in [4.69, 9.17) is 0 Å². The second-order valence-corrected chi connectivity index (χ2v) is 3.36. The summed E-state index contributed by atoms with van der Waals surface area (Å²) in [6, 6.07) is 4.55. The lowest BCUT2D eigenvalue weighted by Gasteiger charge is -2.00. The number of rotatable bonds is 0. The highest BCUT2D eigenvalue weighted by Gasteiger charge is 2.17. The standard InChI is InChI=1S/C8H10N2.C3H8/c1-6-8-7(5-10-6)3-2-4-9-8;1-3-2/h2-4,6,10H,5H2,1H3;3H2,1-2H3. The van der Waals surface area contributed by atoms with Gasteiger partial charge >= 0.3 is 0 Å². The summed E-state index contributed by atoms with van der Waals surface area (Å²) in [5.41, 5.74) is 2.55. The van der Waals surface area contributed by atoms with E-state index < -0.39 is 0 Å². The first-order valence-corrected chi connectivity index (χ1v) is 4.96. The first-order valence-electron chi connectivity index (χ1n) is 4.96. The van der Waals surface area contributed by atoms with Gasteiger partial charge in [-0.25, -0.2) is 0 Å². The lowest BCUT2D eigenvalue weighted by molar-refractivity contribution is 0.623. The normalized spacial score (nSPS) is 18.8. The van der Waals surface area contributed by atoms with Gasteiger partial charge in [0.25, 0.3) is 0 Å².